The lowest BCUT2D eigenvalue weighted by atomic mass is 9.88. The second kappa shape index (κ2) is 3.95. The van der Waals surface area contributed by atoms with E-state index in [9.17, 15) is 13.2 Å². The zero-order valence-corrected chi connectivity index (χ0v) is 9.82. The predicted molar refractivity (Wildman–Crippen MR) is 60.5 cm³/mol. The first-order valence-electron chi connectivity index (χ1n) is 6.23. The summed E-state index contributed by atoms with van der Waals surface area (Å²) < 4.78 is 38.7. The SMILES string of the molecule is NC(c1cnccc1C(F)(F)F)C1CC2CC2C1. The fourth-order valence-electron chi connectivity index (χ4n) is 3.24. The fraction of sp³-hybridized carbons (Fsp3) is 0.615. The van der Waals surface area contributed by atoms with Crippen LogP contribution < -0.4 is 5.73 Å². The maximum atomic E-state index is 12.9. The number of alkyl halides is 3. The van der Waals surface area contributed by atoms with Crippen LogP contribution in [0, 0.1) is 17.8 Å². The van der Waals surface area contributed by atoms with Gasteiger partial charge >= 0.3 is 6.18 Å². The van der Waals surface area contributed by atoms with Crippen molar-refractivity contribution in [2.24, 2.45) is 23.5 Å². The van der Waals surface area contributed by atoms with E-state index < -0.39 is 17.8 Å². The van der Waals surface area contributed by atoms with Gasteiger partial charge in [0.05, 0.1) is 5.56 Å². The van der Waals surface area contributed by atoms with Crippen molar-refractivity contribution in [3.05, 3.63) is 29.6 Å². The summed E-state index contributed by atoms with van der Waals surface area (Å²) in [7, 11) is 0. The fourth-order valence-corrected chi connectivity index (χ4v) is 3.24. The van der Waals surface area contributed by atoms with Crippen LogP contribution in [0.25, 0.3) is 0 Å². The zero-order valence-electron chi connectivity index (χ0n) is 9.82. The van der Waals surface area contributed by atoms with Crippen molar-refractivity contribution in [2.75, 3.05) is 0 Å². The number of nitrogens with two attached hydrogens (primary N) is 1. The normalized spacial score (nSPS) is 32.1. The molecule has 1 aromatic heterocycles. The zero-order chi connectivity index (χ0) is 12.9. The minimum atomic E-state index is -4.35. The van der Waals surface area contributed by atoms with Gasteiger partial charge in [-0.15, -0.1) is 0 Å². The molecule has 2 aliphatic carbocycles. The Morgan fingerprint density at radius 1 is 1.22 bits per heavy atom. The maximum absolute atomic E-state index is 12.9. The number of pyridine rings is 1. The molecule has 0 spiro atoms. The summed E-state index contributed by atoms with van der Waals surface area (Å²) in [6, 6.07) is 0.480. The van der Waals surface area contributed by atoms with Gasteiger partial charge in [0, 0.05) is 18.4 Å². The number of hydrogen-bond acceptors (Lipinski definition) is 2. The van der Waals surface area contributed by atoms with Gasteiger partial charge in [0.1, 0.15) is 0 Å². The highest BCUT2D eigenvalue weighted by Gasteiger charge is 2.48. The highest BCUT2D eigenvalue weighted by Crippen LogP contribution is 2.57. The van der Waals surface area contributed by atoms with Crippen molar-refractivity contribution in [1.29, 1.82) is 0 Å². The molecule has 1 aromatic rings. The molecule has 0 radical (unpaired) electrons. The number of nitrogens with zero attached hydrogens (tertiary/aromatic N) is 1. The molecule has 3 rings (SSSR count). The molecule has 1 heterocycles. The Labute approximate surface area is 103 Å². The van der Waals surface area contributed by atoms with E-state index in [2.05, 4.69) is 4.98 Å². The predicted octanol–water partition coefficient (Wildman–Crippen LogP) is 3.15. The van der Waals surface area contributed by atoms with Gasteiger partial charge in [0.25, 0.3) is 0 Å². The summed E-state index contributed by atoms with van der Waals surface area (Å²) in [6.07, 6.45) is 1.28. The van der Waals surface area contributed by atoms with Crippen LogP contribution in [0.4, 0.5) is 13.2 Å². The quantitative estimate of drug-likeness (QED) is 0.882. The lowest BCUT2D eigenvalue weighted by Crippen LogP contribution is -2.24. The van der Waals surface area contributed by atoms with Crippen LogP contribution in [0.15, 0.2) is 18.5 Å². The average molecular weight is 256 g/mol. The average Bonchev–Trinajstić information content (AvgIpc) is 2.94. The van der Waals surface area contributed by atoms with Gasteiger partial charge < -0.3 is 5.73 Å². The van der Waals surface area contributed by atoms with E-state index in [1.165, 1.54) is 18.8 Å². The molecule has 3 unspecified atom stereocenters. The Hall–Kier alpha value is -1.10. The molecule has 3 atom stereocenters. The van der Waals surface area contributed by atoms with Gasteiger partial charge in [0.15, 0.2) is 0 Å². The molecule has 2 saturated carbocycles. The summed E-state index contributed by atoms with van der Waals surface area (Å²) in [5, 5.41) is 0. The Morgan fingerprint density at radius 3 is 2.50 bits per heavy atom. The molecule has 5 heteroatoms. The van der Waals surface area contributed by atoms with Crippen molar-refractivity contribution in [1.82, 2.24) is 4.98 Å². The minimum Gasteiger partial charge on any atom is -0.324 e. The first kappa shape index (κ1) is 12.0. The van der Waals surface area contributed by atoms with Crippen molar-refractivity contribution in [3.8, 4) is 0 Å². The first-order chi connectivity index (χ1) is 8.47. The molecule has 18 heavy (non-hydrogen) atoms. The molecule has 0 aromatic carbocycles. The van der Waals surface area contributed by atoms with Crippen molar-refractivity contribution >= 4 is 0 Å². The molecule has 0 saturated heterocycles. The molecule has 0 aliphatic heterocycles. The highest BCUT2D eigenvalue weighted by molar-refractivity contribution is 5.30. The lowest BCUT2D eigenvalue weighted by Gasteiger charge is -2.23. The topological polar surface area (TPSA) is 38.9 Å². The highest BCUT2D eigenvalue weighted by atomic mass is 19.4. The summed E-state index contributed by atoms with van der Waals surface area (Å²) in [5.41, 5.74) is 5.56. The summed E-state index contributed by atoms with van der Waals surface area (Å²) >= 11 is 0. The van der Waals surface area contributed by atoms with Crippen molar-refractivity contribution < 1.29 is 13.2 Å². The number of rotatable bonds is 2. The molecule has 98 valence electrons. The van der Waals surface area contributed by atoms with Crippen molar-refractivity contribution in [2.45, 2.75) is 31.5 Å². The Kier molecular flexibility index (Phi) is 2.62. The number of halogens is 3. The first-order valence-corrected chi connectivity index (χ1v) is 6.23. The third-order valence-corrected chi connectivity index (χ3v) is 4.30. The molecule has 2 nitrogen and oxygen atoms in total. The van der Waals surface area contributed by atoms with Crippen LogP contribution in [-0.4, -0.2) is 4.98 Å². The maximum Gasteiger partial charge on any atom is 0.416 e. The summed E-state index contributed by atoms with van der Waals surface area (Å²) in [6.45, 7) is 0. The van der Waals surface area contributed by atoms with E-state index >= 15 is 0 Å². The summed E-state index contributed by atoms with van der Waals surface area (Å²) in [5.74, 6) is 1.61. The molecular formula is C13H15F3N2. The van der Waals surface area contributed by atoms with Crippen LogP contribution >= 0.6 is 0 Å². The van der Waals surface area contributed by atoms with Crippen LogP contribution in [0.5, 0.6) is 0 Å². The van der Waals surface area contributed by atoms with Crippen molar-refractivity contribution in [3.63, 3.8) is 0 Å². The number of hydrogen-bond donors (Lipinski definition) is 1. The van der Waals surface area contributed by atoms with E-state index in [1.54, 1.807) is 0 Å². The van der Waals surface area contributed by atoms with E-state index in [1.807, 2.05) is 0 Å². The monoisotopic (exact) mass is 256 g/mol. The third kappa shape index (κ3) is 2.00. The molecule has 0 bridgehead atoms. The van der Waals surface area contributed by atoms with E-state index in [0.717, 1.165) is 18.9 Å². The second-order valence-electron chi connectivity index (χ2n) is 5.47. The van der Waals surface area contributed by atoms with Gasteiger partial charge in [0.2, 0.25) is 0 Å². The Bertz CT molecular complexity index is 448. The van der Waals surface area contributed by atoms with Crippen LogP contribution in [0.3, 0.4) is 0 Å². The molecule has 2 aliphatic rings. The minimum absolute atomic E-state index is 0.149. The van der Waals surface area contributed by atoms with Gasteiger partial charge in [-0.1, -0.05) is 0 Å². The Balaban J connectivity index is 1.86. The standard InChI is InChI=1S/C13H15F3N2/c14-13(15,16)11-1-2-18-6-10(11)12(17)9-4-7-3-8(7)5-9/h1-2,6-9,12H,3-5,17H2. The van der Waals surface area contributed by atoms with Gasteiger partial charge in [-0.25, -0.2) is 0 Å². The van der Waals surface area contributed by atoms with Crippen LogP contribution in [-0.2, 0) is 6.18 Å². The number of aromatic nitrogens is 1. The number of fused-ring (bicyclic) bond motifs is 1. The molecule has 0 amide bonds. The second-order valence-corrected chi connectivity index (χ2v) is 5.47. The van der Waals surface area contributed by atoms with E-state index in [-0.39, 0.29) is 11.5 Å². The van der Waals surface area contributed by atoms with Gasteiger partial charge in [-0.3, -0.25) is 4.98 Å². The smallest absolute Gasteiger partial charge is 0.324 e. The van der Waals surface area contributed by atoms with Gasteiger partial charge in [-0.2, -0.15) is 13.2 Å². The van der Waals surface area contributed by atoms with E-state index in [4.69, 9.17) is 5.73 Å². The molecular weight excluding hydrogens is 241 g/mol. The third-order valence-electron chi connectivity index (χ3n) is 4.30. The largest absolute Gasteiger partial charge is 0.416 e. The Morgan fingerprint density at radius 2 is 1.89 bits per heavy atom. The van der Waals surface area contributed by atoms with Crippen LogP contribution in [0.1, 0.15) is 36.4 Å². The van der Waals surface area contributed by atoms with Gasteiger partial charge in [-0.05, 0) is 48.6 Å². The lowest BCUT2D eigenvalue weighted by molar-refractivity contribution is -0.138. The summed E-state index contributed by atoms with van der Waals surface area (Å²) in [4.78, 5) is 3.80. The molecule has 2 fully saturated rings. The molecule has 2 N–H and O–H groups in total. The van der Waals surface area contributed by atoms with E-state index in [0.29, 0.717) is 11.8 Å². The van der Waals surface area contributed by atoms with Crippen LogP contribution in [0.2, 0.25) is 0 Å².